The average Bonchev–Trinajstić information content (AvgIpc) is 2.44. The van der Waals surface area contributed by atoms with Crippen molar-refractivity contribution in [3.05, 3.63) is 33.9 Å². The topological polar surface area (TPSA) is 84.7 Å². The van der Waals surface area contributed by atoms with Crippen LogP contribution in [0.5, 0.6) is 0 Å². The number of morpholine rings is 1. The van der Waals surface area contributed by atoms with Crippen molar-refractivity contribution in [3.8, 4) is 0 Å². The molecule has 0 radical (unpaired) electrons. The van der Waals surface area contributed by atoms with E-state index in [1.54, 1.807) is 18.0 Å². The fraction of sp³-hybridized carbons (Fsp3) is 0.500. The molecule has 1 aromatic rings. The van der Waals surface area contributed by atoms with E-state index >= 15 is 0 Å². The summed E-state index contributed by atoms with van der Waals surface area (Å²) in [6.45, 7) is 4.77. The van der Waals surface area contributed by atoms with Crippen LogP contribution in [0.2, 0.25) is 0 Å². The van der Waals surface area contributed by atoms with Gasteiger partial charge in [0.1, 0.15) is 0 Å². The van der Waals surface area contributed by atoms with Crippen molar-refractivity contribution < 1.29 is 14.5 Å². The van der Waals surface area contributed by atoms with E-state index in [1.807, 2.05) is 13.8 Å². The van der Waals surface area contributed by atoms with Gasteiger partial charge in [0, 0.05) is 38.0 Å². The van der Waals surface area contributed by atoms with Crippen LogP contribution in [0.25, 0.3) is 0 Å². The largest absolute Gasteiger partial charge is 0.387 e. The van der Waals surface area contributed by atoms with Crippen LogP contribution < -0.4 is 5.32 Å². The molecule has 114 valence electrons. The number of non-ortho nitro benzene ring substituents is 1. The summed E-state index contributed by atoms with van der Waals surface area (Å²) in [4.78, 5) is 24.7. The molecule has 2 rings (SSSR count). The molecule has 1 fully saturated rings. The van der Waals surface area contributed by atoms with E-state index in [0.29, 0.717) is 24.3 Å². The van der Waals surface area contributed by atoms with Gasteiger partial charge in [0.15, 0.2) is 0 Å². The lowest BCUT2D eigenvalue weighted by Gasteiger charge is -2.35. The van der Waals surface area contributed by atoms with Gasteiger partial charge in [0.05, 0.1) is 22.7 Å². The predicted molar refractivity (Wildman–Crippen MR) is 78.6 cm³/mol. The molecule has 0 spiro atoms. The van der Waals surface area contributed by atoms with Gasteiger partial charge in [-0.1, -0.05) is 0 Å². The summed E-state index contributed by atoms with van der Waals surface area (Å²) >= 11 is 0. The van der Waals surface area contributed by atoms with Crippen LogP contribution in [0.4, 0.5) is 11.4 Å². The van der Waals surface area contributed by atoms with E-state index in [9.17, 15) is 14.9 Å². The molecule has 0 aliphatic carbocycles. The Kier molecular flexibility index (Phi) is 4.42. The number of ether oxygens (including phenoxy) is 1. The molecule has 1 N–H and O–H groups in total. The predicted octanol–water partition coefficient (Wildman–Crippen LogP) is 1.89. The zero-order valence-electron chi connectivity index (χ0n) is 12.3. The quantitative estimate of drug-likeness (QED) is 0.679. The lowest BCUT2D eigenvalue weighted by Crippen LogP contribution is -2.48. The van der Waals surface area contributed by atoms with Crippen molar-refractivity contribution in [1.82, 2.24) is 4.90 Å². The minimum absolute atomic E-state index is 0.0468. The van der Waals surface area contributed by atoms with Gasteiger partial charge >= 0.3 is 0 Å². The SMILES string of the molecule is CNc1ccc([N+](=O)[O-])cc1C(=O)N1C[C@@H](C)O[C@@H](C)C1. The normalized spacial score (nSPS) is 22.0. The molecule has 7 nitrogen and oxygen atoms in total. The Morgan fingerprint density at radius 1 is 1.38 bits per heavy atom. The Morgan fingerprint density at radius 3 is 2.52 bits per heavy atom. The highest BCUT2D eigenvalue weighted by molar-refractivity contribution is 6.00. The summed E-state index contributed by atoms with van der Waals surface area (Å²) in [6, 6.07) is 4.25. The van der Waals surface area contributed by atoms with Crippen molar-refractivity contribution >= 4 is 17.3 Å². The standard InChI is InChI=1S/C14H19N3O4/c1-9-7-16(8-10(2)21-9)14(18)12-6-11(17(19)20)4-5-13(12)15-3/h4-6,9-10,15H,7-8H2,1-3H3/t9-,10+. The van der Waals surface area contributed by atoms with Crippen LogP contribution in [-0.4, -0.2) is 48.1 Å². The van der Waals surface area contributed by atoms with Gasteiger partial charge in [-0.05, 0) is 19.9 Å². The second-order valence-electron chi connectivity index (χ2n) is 5.20. The van der Waals surface area contributed by atoms with Gasteiger partial charge in [0.25, 0.3) is 11.6 Å². The van der Waals surface area contributed by atoms with E-state index in [0.717, 1.165) is 0 Å². The summed E-state index contributed by atoms with van der Waals surface area (Å²) in [6.07, 6.45) is -0.0936. The number of anilines is 1. The summed E-state index contributed by atoms with van der Waals surface area (Å²) < 4.78 is 5.60. The van der Waals surface area contributed by atoms with Gasteiger partial charge in [0.2, 0.25) is 0 Å². The van der Waals surface area contributed by atoms with Crippen LogP contribution in [0.3, 0.4) is 0 Å². The molecule has 0 aromatic heterocycles. The first-order chi connectivity index (χ1) is 9.92. The number of rotatable bonds is 3. The van der Waals surface area contributed by atoms with Crippen LogP contribution in [0, 0.1) is 10.1 Å². The second kappa shape index (κ2) is 6.09. The van der Waals surface area contributed by atoms with Crippen molar-refractivity contribution in [1.29, 1.82) is 0 Å². The fourth-order valence-corrected chi connectivity index (χ4v) is 2.55. The number of benzene rings is 1. The molecular weight excluding hydrogens is 274 g/mol. The third-order valence-electron chi connectivity index (χ3n) is 3.42. The third kappa shape index (κ3) is 3.30. The Bertz CT molecular complexity index is 551. The van der Waals surface area contributed by atoms with Gasteiger partial charge < -0.3 is 15.0 Å². The highest BCUT2D eigenvalue weighted by Crippen LogP contribution is 2.24. The molecule has 2 atom stereocenters. The molecule has 21 heavy (non-hydrogen) atoms. The average molecular weight is 293 g/mol. The number of nitrogens with one attached hydrogen (secondary N) is 1. The molecule has 1 aromatic carbocycles. The number of hydrogen-bond acceptors (Lipinski definition) is 5. The summed E-state index contributed by atoms with van der Waals surface area (Å²) in [7, 11) is 1.68. The third-order valence-corrected chi connectivity index (χ3v) is 3.42. The maximum Gasteiger partial charge on any atom is 0.270 e. The number of nitro benzene ring substituents is 1. The first kappa shape index (κ1) is 15.2. The van der Waals surface area contributed by atoms with Crippen molar-refractivity contribution in [2.45, 2.75) is 26.1 Å². The van der Waals surface area contributed by atoms with Gasteiger partial charge in [-0.2, -0.15) is 0 Å². The summed E-state index contributed by atoms with van der Waals surface area (Å²) in [5, 5.41) is 13.8. The van der Waals surface area contributed by atoms with E-state index in [-0.39, 0.29) is 23.8 Å². The van der Waals surface area contributed by atoms with E-state index in [4.69, 9.17) is 4.74 Å². The Balaban J connectivity index is 2.32. The molecule has 1 amide bonds. The minimum Gasteiger partial charge on any atom is -0.387 e. The summed E-state index contributed by atoms with van der Waals surface area (Å²) in [5.41, 5.74) is 0.803. The fourth-order valence-electron chi connectivity index (χ4n) is 2.55. The maximum absolute atomic E-state index is 12.7. The molecule has 7 heteroatoms. The van der Waals surface area contributed by atoms with E-state index in [1.165, 1.54) is 12.1 Å². The molecule has 1 saturated heterocycles. The van der Waals surface area contributed by atoms with Crippen molar-refractivity contribution in [2.75, 3.05) is 25.5 Å². The van der Waals surface area contributed by atoms with Crippen LogP contribution in [0.1, 0.15) is 24.2 Å². The van der Waals surface area contributed by atoms with Gasteiger partial charge in [-0.15, -0.1) is 0 Å². The molecule has 0 unspecified atom stereocenters. The lowest BCUT2D eigenvalue weighted by atomic mass is 10.1. The first-order valence-corrected chi connectivity index (χ1v) is 6.83. The van der Waals surface area contributed by atoms with Crippen molar-refractivity contribution in [2.24, 2.45) is 0 Å². The number of nitro groups is 1. The van der Waals surface area contributed by atoms with Crippen LogP contribution >= 0.6 is 0 Å². The van der Waals surface area contributed by atoms with Crippen LogP contribution in [0.15, 0.2) is 18.2 Å². The Labute approximate surface area is 123 Å². The minimum atomic E-state index is -0.499. The molecule has 0 bridgehead atoms. The maximum atomic E-state index is 12.7. The van der Waals surface area contributed by atoms with Crippen LogP contribution in [-0.2, 0) is 4.74 Å². The number of hydrogen-bond donors (Lipinski definition) is 1. The zero-order chi connectivity index (χ0) is 15.6. The number of amides is 1. The number of carbonyl (C=O) groups excluding carboxylic acids is 1. The molecule has 1 aliphatic heterocycles. The molecular formula is C14H19N3O4. The Hall–Kier alpha value is -2.15. The van der Waals surface area contributed by atoms with E-state index < -0.39 is 4.92 Å². The summed E-state index contributed by atoms with van der Waals surface area (Å²) in [5.74, 6) is -0.218. The Morgan fingerprint density at radius 2 is 2.00 bits per heavy atom. The smallest absolute Gasteiger partial charge is 0.270 e. The molecule has 1 aliphatic rings. The molecule has 0 saturated carbocycles. The second-order valence-corrected chi connectivity index (χ2v) is 5.20. The number of carbonyl (C=O) groups is 1. The van der Waals surface area contributed by atoms with Gasteiger partial charge in [-0.25, -0.2) is 0 Å². The monoisotopic (exact) mass is 293 g/mol. The number of nitrogens with zero attached hydrogens (tertiary/aromatic N) is 2. The lowest BCUT2D eigenvalue weighted by molar-refractivity contribution is -0.384. The highest BCUT2D eigenvalue weighted by atomic mass is 16.6. The van der Waals surface area contributed by atoms with Gasteiger partial charge in [-0.3, -0.25) is 14.9 Å². The van der Waals surface area contributed by atoms with Crippen molar-refractivity contribution in [3.63, 3.8) is 0 Å². The van der Waals surface area contributed by atoms with E-state index in [2.05, 4.69) is 5.32 Å². The zero-order valence-corrected chi connectivity index (χ0v) is 12.3. The first-order valence-electron chi connectivity index (χ1n) is 6.83. The highest BCUT2D eigenvalue weighted by Gasteiger charge is 2.28. The molecule has 1 heterocycles.